The quantitative estimate of drug-likeness (QED) is 0.326. The molecular weight excluding hydrogens is 460 g/mol. The van der Waals surface area contributed by atoms with E-state index < -0.39 is 12.0 Å². The van der Waals surface area contributed by atoms with Gasteiger partial charge < -0.3 is 10.4 Å². The number of anilines is 2. The van der Waals surface area contributed by atoms with Crippen molar-refractivity contribution in [1.29, 1.82) is 0 Å². The number of benzene rings is 2. The number of carboxylic acids is 1. The second-order valence-corrected chi connectivity index (χ2v) is 9.32. The summed E-state index contributed by atoms with van der Waals surface area (Å²) in [6.07, 6.45) is 6.05. The maximum atomic E-state index is 11.7. The molecule has 6 nitrogen and oxygen atoms in total. The van der Waals surface area contributed by atoms with Crippen LogP contribution in [0.2, 0.25) is 5.02 Å². The summed E-state index contributed by atoms with van der Waals surface area (Å²) in [5.41, 5.74) is 5.88. The summed E-state index contributed by atoms with van der Waals surface area (Å²) in [6.45, 7) is 3.29. The second kappa shape index (κ2) is 10.0. The van der Waals surface area contributed by atoms with Crippen LogP contribution < -0.4 is 5.32 Å². The standard InChI is InChI=1S/C28H27ClN4O2/c1-18-21(19-8-3-2-4-9-19)10-7-11-23(18)32-27-26-22(13-14-30-27)25(29)20(16-31-26)17-33-15-6-5-12-24(33)28(34)35/h2-4,7-11,13-14,16,24H,5-6,12,15,17H2,1H3,(H,30,32)(H,34,35). The van der Waals surface area contributed by atoms with Crippen molar-refractivity contribution in [2.75, 3.05) is 11.9 Å². The summed E-state index contributed by atoms with van der Waals surface area (Å²) in [5.74, 6) is -0.149. The minimum absolute atomic E-state index is 0.460. The number of aromatic nitrogens is 2. The molecule has 1 fully saturated rings. The molecule has 0 spiro atoms. The van der Waals surface area contributed by atoms with Crippen molar-refractivity contribution in [3.05, 3.63) is 83.1 Å². The topological polar surface area (TPSA) is 78.4 Å². The number of nitrogens with one attached hydrogen (secondary N) is 1. The van der Waals surface area contributed by atoms with Gasteiger partial charge in [-0.3, -0.25) is 14.7 Å². The number of piperidine rings is 1. The van der Waals surface area contributed by atoms with Gasteiger partial charge in [0.2, 0.25) is 0 Å². The van der Waals surface area contributed by atoms with E-state index in [0.29, 0.717) is 29.3 Å². The molecule has 5 rings (SSSR count). The molecule has 2 aromatic carbocycles. The number of hydrogen-bond acceptors (Lipinski definition) is 5. The number of hydrogen-bond donors (Lipinski definition) is 2. The molecule has 1 aliphatic heterocycles. The molecule has 35 heavy (non-hydrogen) atoms. The van der Waals surface area contributed by atoms with Crippen LogP contribution in [0.25, 0.3) is 22.0 Å². The van der Waals surface area contributed by atoms with Crippen LogP contribution in [0.5, 0.6) is 0 Å². The lowest BCUT2D eigenvalue weighted by molar-refractivity contribution is -0.144. The molecule has 0 saturated carbocycles. The Bertz CT molecular complexity index is 1380. The highest BCUT2D eigenvalue weighted by Gasteiger charge is 2.29. The number of nitrogens with zero attached hydrogens (tertiary/aromatic N) is 3. The first kappa shape index (κ1) is 23.3. The molecule has 0 aliphatic carbocycles. The number of halogens is 1. The van der Waals surface area contributed by atoms with Crippen molar-refractivity contribution in [2.45, 2.75) is 38.8 Å². The van der Waals surface area contributed by atoms with Crippen LogP contribution in [0, 0.1) is 6.92 Å². The lowest BCUT2D eigenvalue weighted by Gasteiger charge is -2.33. The van der Waals surface area contributed by atoms with Gasteiger partial charge in [-0.15, -0.1) is 0 Å². The van der Waals surface area contributed by atoms with Crippen LogP contribution in [0.4, 0.5) is 11.5 Å². The number of rotatable bonds is 6. The van der Waals surface area contributed by atoms with Gasteiger partial charge in [0.1, 0.15) is 11.6 Å². The molecule has 2 N–H and O–H groups in total. The zero-order chi connectivity index (χ0) is 24.4. The molecule has 0 bridgehead atoms. The normalized spacial score (nSPS) is 16.3. The largest absolute Gasteiger partial charge is 0.480 e. The number of pyridine rings is 2. The van der Waals surface area contributed by atoms with E-state index in [1.54, 1.807) is 12.4 Å². The third-order valence-corrected chi connectivity index (χ3v) is 7.18. The molecular formula is C28H27ClN4O2. The van der Waals surface area contributed by atoms with Gasteiger partial charge in [0, 0.05) is 35.6 Å². The van der Waals surface area contributed by atoms with Gasteiger partial charge in [0.15, 0.2) is 5.82 Å². The predicted molar refractivity (Wildman–Crippen MR) is 140 cm³/mol. The van der Waals surface area contributed by atoms with Crippen LogP contribution in [0.1, 0.15) is 30.4 Å². The van der Waals surface area contributed by atoms with E-state index >= 15 is 0 Å². The molecule has 178 valence electrons. The molecule has 1 saturated heterocycles. The Hall–Kier alpha value is -3.48. The summed E-state index contributed by atoms with van der Waals surface area (Å²) in [4.78, 5) is 22.9. The highest BCUT2D eigenvalue weighted by Crippen LogP contribution is 2.34. The molecule has 3 heterocycles. The number of fused-ring (bicyclic) bond motifs is 1. The maximum Gasteiger partial charge on any atom is 0.320 e. The lowest BCUT2D eigenvalue weighted by atomic mass is 9.99. The van der Waals surface area contributed by atoms with E-state index in [2.05, 4.69) is 35.4 Å². The van der Waals surface area contributed by atoms with Crippen molar-refractivity contribution in [3.8, 4) is 11.1 Å². The third kappa shape index (κ3) is 4.72. The van der Waals surface area contributed by atoms with Crippen molar-refractivity contribution >= 4 is 40.0 Å². The summed E-state index contributed by atoms with van der Waals surface area (Å²) >= 11 is 6.83. The van der Waals surface area contributed by atoms with Crippen molar-refractivity contribution in [2.24, 2.45) is 0 Å². The average Bonchev–Trinajstić information content (AvgIpc) is 2.88. The van der Waals surface area contributed by atoms with Crippen LogP contribution in [0.3, 0.4) is 0 Å². The lowest BCUT2D eigenvalue weighted by Crippen LogP contribution is -2.44. The fraction of sp³-hybridized carbons (Fsp3) is 0.250. The SMILES string of the molecule is Cc1c(Nc2nccc3c(Cl)c(CN4CCCCC4C(=O)O)cnc23)cccc1-c1ccccc1. The van der Waals surface area contributed by atoms with Gasteiger partial charge in [0.05, 0.1) is 5.02 Å². The van der Waals surface area contributed by atoms with Crippen LogP contribution in [-0.4, -0.2) is 38.5 Å². The van der Waals surface area contributed by atoms with E-state index in [9.17, 15) is 9.90 Å². The van der Waals surface area contributed by atoms with Crippen molar-refractivity contribution < 1.29 is 9.90 Å². The van der Waals surface area contributed by atoms with Gasteiger partial charge in [-0.25, -0.2) is 4.98 Å². The Balaban J connectivity index is 1.46. The van der Waals surface area contributed by atoms with Crippen LogP contribution in [-0.2, 0) is 11.3 Å². The molecule has 0 radical (unpaired) electrons. The molecule has 1 aliphatic rings. The summed E-state index contributed by atoms with van der Waals surface area (Å²) in [6, 6.07) is 17.8. The molecule has 1 atom stereocenters. The molecule has 1 unspecified atom stereocenters. The smallest absolute Gasteiger partial charge is 0.320 e. The second-order valence-electron chi connectivity index (χ2n) is 8.94. The monoisotopic (exact) mass is 486 g/mol. The van der Waals surface area contributed by atoms with Crippen LogP contribution >= 0.6 is 11.6 Å². The fourth-order valence-electron chi connectivity index (χ4n) is 4.84. The minimum Gasteiger partial charge on any atom is -0.480 e. The van der Waals surface area contributed by atoms with Crippen molar-refractivity contribution in [3.63, 3.8) is 0 Å². The fourth-order valence-corrected chi connectivity index (χ4v) is 5.10. The Morgan fingerprint density at radius 2 is 1.94 bits per heavy atom. The van der Waals surface area contributed by atoms with E-state index in [0.717, 1.165) is 52.7 Å². The van der Waals surface area contributed by atoms with Gasteiger partial charge in [-0.1, -0.05) is 60.5 Å². The first-order chi connectivity index (χ1) is 17.0. The van der Waals surface area contributed by atoms with Gasteiger partial charge >= 0.3 is 5.97 Å². The highest BCUT2D eigenvalue weighted by molar-refractivity contribution is 6.36. The maximum absolute atomic E-state index is 11.7. The molecule has 4 aromatic rings. The minimum atomic E-state index is -0.779. The summed E-state index contributed by atoms with van der Waals surface area (Å²) < 4.78 is 0. The average molecular weight is 487 g/mol. The first-order valence-electron chi connectivity index (χ1n) is 11.8. The predicted octanol–water partition coefficient (Wildman–Crippen LogP) is 6.44. The molecule has 0 amide bonds. The van der Waals surface area contributed by atoms with Gasteiger partial charge in [-0.2, -0.15) is 0 Å². The Labute approximate surface area is 209 Å². The number of likely N-dealkylation sites (tertiary alicyclic amines) is 1. The Morgan fingerprint density at radius 3 is 2.74 bits per heavy atom. The first-order valence-corrected chi connectivity index (χ1v) is 12.2. The van der Waals surface area contributed by atoms with Crippen LogP contribution in [0.15, 0.2) is 67.0 Å². The van der Waals surface area contributed by atoms with Crippen molar-refractivity contribution in [1.82, 2.24) is 14.9 Å². The summed E-state index contributed by atoms with van der Waals surface area (Å²) in [5, 5.41) is 14.4. The zero-order valence-electron chi connectivity index (χ0n) is 19.5. The Morgan fingerprint density at radius 1 is 1.11 bits per heavy atom. The van der Waals surface area contributed by atoms with E-state index in [-0.39, 0.29) is 0 Å². The van der Waals surface area contributed by atoms with Gasteiger partial charge in [-0.05, 0) is 55.1 Å². The highest BCUT2D eigenvalue weighted by atomic mass is 35.5. The molecule has 2 aromatic heterocycles. The van der Waals surface area contributed by atoms with E-state index in [1.807, 2.05) is 41.3 Å². The van der Waals surface area contributed by atoms with E-state index in [1.165, 1.54) is 0 Å². The number of carbonyl (C=O) groups is 1. The summed E-state index contributed by atoms with van der Waals surface area (Å²) in [7, 11) is 0. The zero-order valence-corrected chi connectivity index (χ0v) is 20.3. The van der Waals surface area contributed by atoms with E-state index in [4.69, 9.17) is 16.6 Å². The van der Waals surface area contributed by atoms with Gasteiger partial charge in [0.25, 0.3) is 0 Å². The Kier molecular flexibility index (Phi) is 6.66. The number of aliphatic carboxylic acids is 1. The number of carboxylic acid groups (broad SMARTS) is 1. The molecule has 7 heteroatoms. The third-order valence-electron chi connectivity index (χ3n) is 6.74.